The quantitative estimate of drug-likeness (QED) is 0.468. The van der Waals surface area contributed by atoms with Gasteiger partial charge in [-0.15, -0.1) is 0 Å². The largest absolute Gasteiger partial charge is 0.381 e. The van der Waals surface area contributed by atoms with Gasteiger partial charge in [0.1, 0.15) is 11.6 Å². The predicted molar refractivity (Wildman–Crippen MR) is 91.9 cm³/mol. The number of rotatable bonds is 3. The first-order valence-electron chi connectivity index (χ1n) is 7.59. The van der Waals surface area contributed by atoms with E-state index in [-0.39, 0.29) is 11.4 Å². The fourth-order valence-corrected chi connectivity index (χ4v) is 3.14. The molecular formula is C17H10ClN3O5. The Bertz CT molecular complexity index is 955. The van der Waals surface area contributed by atoms with Gasteiger partial charge in [0.05, 0.1) is 10.6 Å². The summed E-state index contributed by atoms with van der Waals surface area (Å²) in [5.41, 5.74) is 1.08. The number of carbonyl (C=O) groups excluding carboxylic acids is 2. The molecule has 0 bridgehead atoms. The number of oxime groups is 1. The van der Waals surface area contributed by atoms with Gasteiger partial charge in [-0.3, -0.25) is 19.7 Å². The molecule has 1 saturated heterocycles. The van der Waals surface area contributed by atoms with Crippen molar-refractivity contribution in [2.24, 2.45) is 11.1 Å². The Morgan fingerprint density at radius 1 is 1.04 bits per heavy atom. The van der Waals surface area contributed by atoms with Crippen LogP contribution in [0.2, 0.25) is 5.02 Å². The van der Waals surface area contributed by atoms with Crippen LogP contribution in [0.1, 0.15) is 5.56 Å². The van der Waals surface area contributed by atoms with Crippen LogP contribution >= 0.6 is 11.6 Å². The van der Waals surface area contributed by atoms with Gasteiger partial charge < -0.3 is 4.84 Å². The van der Waals surface area contributed by atoms with E-state index in [1.165, 1.54) is 24.3 Å². The first kappa shape index (κ1) is 16.2. The normalized spacial score (nSPS) is 21.4. The van der Waals surface area contributed by atoms with Gasteiger partial charge in [-0.2, -0.15) is 0 Å². The monoisotopic (exact) mass is 371 g/mol. The molecule has 2 amide bonds. The van der Waals surface area contributed by atoms with Gasteiger partial charge in [-0.1, -0.05) is 16.8 Å². The Hall–Kier alpha value is -3.26. The second-order valence-electron chi connectivity index (χ2n) is 5.77. The Morgan fingerprint density at radius 2 is 1.69 bits per heavy atom. The highest BCUT2D eigenvalue weighted by molar-refractivity contribution is 6.33. The fraction of sp³-hybridized carbons (Fsp3) is 0.118. The van der Waals surface area contributed by atoms with Crippen molar-refractivity contribution < 1.29 is 19.3 Å². The molecule has 0 aromatic heterocycles. The van der Waals surface area contributed by atoms with Crippen molar-refractivity contribution in [3.63, 3.8) is 0 Å². The first-order valence-corrected chi connectivity index (χ1v) is 7.97. The minimum absolute atomic E-state index is 0.0820. The fourth-order valence-electron chi connectivity index (χ4n) is 3.01. The van der Waals surface area contributed by atoms with Crippen LogP contribution in [0.25, 0.3) is 0 Å². The summed E-state index contributed by atoms with van der Waals surface area (Å²) in [6, 6.07) is 11.9. The van der Waals surface area contributed by atoms with Gasteiger partial charge in [-0.25, -0.2) is 4.90 Å². The third-order valence-corrected chi connectivity index (χ3v) is 4.52. The number of hydrogen-bond acceptors (Lipinski definition) is 6. The third kappa shape index (κ3) is 2.42. The predicted octanol–water partition coefficient (Wildman–Crippen LogP) is 2.54. The lowest BCUT2D eigenvalue weighted by molar-refractivity contribution is -0.384. The molecule has 0 saturated carbocycles. The number of imide groups is 1. The molecule has 2 aromatic carbocycles. The summed E-state index contributed by atoms with van der Waals surface area (Å²) < 4.78 is 0. The molecule has 1 fully saturated rings. The molecule has 2 aromatic rings. The maximum atomic E-state index is 12.8. The lowest BCUT2D eigenvalue weighted by Gasteiger charge is -2.15. The van der Waals surface area contributed by atoms with E-state index >= 15 is 0 Å². The molecule has 0 aliphatic carbocycles. The number of nitro groups is 1. The van der Waals surface area contributed by atoms with Gasteiger partial charge in [0.25, 0.3) is 11.6 Å². The highest BCUT2D eigenvalue weighted by Crippen LogP contribution is 2.35. The number of halogens is 1. The summed E-state index contributed by atoms with van der Waals surface area (Å²) in [6.07, 6.45) is -1.04. The molecular weight excluding hydrogens is 362 g/mol. The minimum Gasteiger partial charge on any atom is -0.381 e. The van der Waals surface area contributed by atoms with Crippen molar-refractivity contribution in [2.45, 2.75) is 6.10 Å². The van der Waals surface area contributed by atoms with Crippen LogP contribution in [0.5, 0.6) is 0 Å². The number of carbonyl (C=O) groups is 2. The lowest BCUT2D eigenvalue weighted by Crippen LogP contribution is -2.33. The van der Waals surface area contributed by atoms with Gasteiger partial charge in [0.15, 0.2) is 0 Å². The number of anilines is 1. The van der Waals surface area contributed by atoms with Crippen LogP contribution in [0.15, 0.2) is 53.7 Å². The van der Waals surface area contributed by atoms with Crippen molar-refractivity contribution in [3.05, 3.63) is 69.2 Å². The summed E-state index contributed by atoms with van der Waals surface area (Å²) in [5.74, 6) is -1.86. The Balaban J connectivity index is 1.66. The van der Waals surface area contributed by atoms with Crippen molar-refractivity contribution in [3.8, 4) is 0 Å². The second-order valence-corrected chi connectivity index (χ2v) is 6.21. The molecule has 2 atom stereocenters. The summed E-state index contributed by atoms with van der Waals surface area (Å²) >= 11 is 5.85. The van der Waals surface area contributed by atoms with Crippen LogP contribution < -0.4 is 4.90 Å². The molecule has 9 heteroatoms. The van der Waals surface area contributed by atoms with Crippen LogP contribution in [0.3, 0.4) is 0 Å². The van der Waals surface area contributed by atoms with Crippen LogP contribution in [-0.2, 0) is 14.4 Å². The number of amides is 2. The van der Waals surface area contributed by atoms with Crippen LogP contribution in [0, 0.1) is 16.0 Å². The molecule has 2 heterocycles. The van der Waals surface area contributed by atoms with Crippen molar-refractivity contribution in [1.82, 2.24) is 0 Å². The molecule has 0 unspecified atom stereocenters. The number of nitro benzene ring substituents is 1. The summed E-state index contributed by atoms with van der Waals surface area (Å²) in [5, 5.41) is 15.1. The smallest absolute Gasteiger partial charge is 0.278 e. The maximum Gasteiger partial charge on any atom is 0.278 e. The number of hydrogen-bond donors (Lipinski definition) is 0. The van der Waals surface area contributed by atoms with E-state index in [0.717, 1.165) is 4.90 Å². The molecule has 2 aliphatic heterocycles. The zero-order valence-electron chi connectivity index (χ0n) is 13.0. The van der Waals surface area contributed by atoms with E-state index in [2.05, 4.69) is 5.16 Å². The van der Waals surface area contributed by atoms with E-state index in [4.69, 9.17) is 16.4 Å². The molecule has 4 rings (SSSR count). The summed E-state index contributed by atoms with van der Waals surface area (Å²) in [7, 11) is 0. The molecule has 8 nitrogen and oxygen atoms in total. The highest BCUT2D eigenvalue weighted by Gasteiger charge is 2.56. The maximum absolute atomic E-state index is 12.8. The lowest BCUT2D eigenvalue weighted by atomic mass is 9.94. The van der Waals surface area contributed by atoms with Gasteiger partial charge in [0, 0.05) is 22.7 Å². The van der Waals surface area contributed by atoms with Crippen molar-refractivity contribution in [2.75, 3.05) is 4.90 Å². The van der Waals surface area contributed by atoms with E-state index in [1.807, 2.05) is 0 Å². The number of benzene rings is 2. The molecule has 2 aliphatic rings. The van der Waals surface area contributed by atoms with Crippen molar-refractivity contribution in [1.29, 1.82) is 0 Å². The van der Waals surface area contributed by atoms with E-state index < -0.39 is 28.8 Å². The van der Waals surface area contributed by atoms with Gasteiger partial charge >= 0.3 is 0 Å². The third-order valence-electron chi connectivity index (χ3n) is 4.27. The Labute approximate surface area is 151 Å². The van der Waals surface area contributed by atoms with E-state index in [9.17, 15) is 19.7 Å². The van der Waals surface area contributed by atoms with Crippen LogP contribution in [-0.4, -0.2) is 28.6 Å². The minimum atomic E-state index is -1.04. The molecule has 26 heavy (non-hydrogen) atoms. The van der Waals surface area contributed by atoms with E-state index in [1.54, 1.807) is 24.3 Å². The Kier molecular flexibility index (Phi) is 3.69. The standard InChI is InChI=1S/C17H10ClN3O5/c18-10-3-7-11(8-4-10)20-16(22)13-14(19-26-15(13)17(20)23)9-1-5-12(6-2-9)21(24)25/h1-8,13,15H/t13-,15+/m0/s1. The molecule has 0 N–H and O–H groups in total. The first-order chi connectivity index (χ1) is 12.5. The average Bonchev–Trinajstić information content (AvgIpc) is 3.17. The van der Waals surface area contributed by atoms with Crippen LogP contribution in [0.4, 0.5) is 11.4 Å². The summed E-state index contributed by atoms with van der Waals surface area (Å²) in [4.78, 5) is 41.9. The average molecular weight is 372 g/mol. The SMILES string of the molecule is O=C1[C@H]2C(c3ccc([N+](=O)[O-])cc3)=NO[C@H]2C(=O)N1c1ccc(Cl)cc1. The molecule has 0 radical (unpaired) electrons. The summed E-state index contributed by atoms with van der Waals surface area (Å²) in [6.45, 7) is 0. The Morgan fingerprint density at radius 3 is 2.31 bits per heavy atom. The van der Waals surface area contributed by atoms with E-state index in [0.29, 0.717) is 16.3 Å². The topological polar surface area (TPSA) is 102 Å². The zero-order valence-corrected chi connectivity index (χ0v) is 13.8. The number of fused-ring (bicyclic) bond motifs is 1. The second kappa shape index (κ2) is 5.92. The zero-order chi connectivity index (χ0) is 18.4. The molecule has 0 spiro atoms. The van der Waals surface area contributed by atoms with Gasteiger partial charge in [0.2, 0.25) is 12.0 Å². The molecule has 130 valence electrons. The number of nitrogens with zero attached hydrogens (tertiary/aromatic N) is 3. The van der Waals surface area contributed by atoms with Crippen molar-refractivity contribution >= 4 is 40.5 Å². The highest BCUT2D eigenvalue weighted by atomic mass is 35.5. The number of non-ortho nitro benzene ring substituents is 1. The van der Waals surface area contributed by atoms with Gasteiger partial charge in [-0.05, 0) is 36.4 Å².